The van der Waals surface area contributed by atoms with Gasteiger partial charge < -0.3 is 9.64 Å². The lowest BCUT2D eigenvalue weighted by atomic mass is 9.92. The molecule has 2 rings (SSSR count). The number of nitrogens with zero attached hydrogens (tertiary/aromatic N) is 1. The van der Waals surface area contributed by atoms with Gasteiger partial charge in [-0.05, 0) is 68.7 Å². The van der Waals surface area contributed by atoms with Gasteiger partial charge >= 0.3 is 0 Å². The van der Waals surface area contributed by atoms with Crippen molar-refractivity contribution in [2.24, 2.45) is 5.92 Å². The molecule has 0 spiro atoms. The van der Waals surface area contributed by atoms with E-state index in [1.807, 2.05) is 0 Å². The fourth-order valence-corrected chi connectivity index (χ4v) is 2.92. The standard InChI is InChI=1S/C17H27NO/c1-14-6-7-17(13-15(14)2)18-10-8-16(9-11-18)5-4-12-19-3/h6-7,13,16H,4-5,8-12H2,1-3H3. The number of anilines is 1. The van der Waals surface area contributed by atoms with Gasteiger partial charge in [0.15, 0.2) is 0 Å². The molecule has 0 atom stereocenters. The van der Waals surface area contributed by atoms with Crippen molar-refractivity contribution >= 4 is 5.69 Å². The zero-order valence-corrected chi connectivity index (χ0v) is 12.6. The van der Waals surface area contributed by atoms with Gasteiger partial charge in [0.25, 0.3) is 0 Å². The van der Waals surface area contributed by atoms with E-state index in [1.54, 1.807) is 7.11 Å². The topological polar surface area (TPSA) is 12.5 Å². The average molecular weight is 261 g/mol. The van der Waals surface area contributed by atoms with Gasteiger partial charge in [-0.3, -0.25) is 0 Å². The quantitative estimate of drug-likeness (QED) is 0.744. The van der Waals surface area contributed by atoms with Crippen LogP contribution in [0.15, 0.2) is 18.2 Å². The Morgan fingerprint density at radius 1 is 1.16 bits per heavy atom. The molecule has 106 valence electrons. The van der Waals surface area contributed by atoms with Gasteiger partial charge in [0, 0.05) is 32.5 Å². The van der Waals surface area contributed by atoms with E-state index in [0.717, 1.165) is 12.5 Å². The third-order valence-electron chi connectivity index (χ3n) is 4.43. The monoisotopic (exact) mass is 261 g/mol. The minimum atomic E-state index is 0.901. The van der Waals surface area contributed by atoms with Gasteiger partial charge in [-0.25, -0.2) is 0 Å². The summed E-state index contributed by atoms with van der Waals surface area (Å²) in [6.45, 7) is 7.72. The predicted molar refractivity (Wildman–Crippen MR) is 82.0 cm³/mol. The SMILES string of the molecule is COCCCC1CCN(c2ccc(C)c(C)c2)CC1. The predicted octanol–water partition coefficient (Wildman–Crippen LogP) is 3.95. The summed E-state index contributed by atoms with van der Waals surface area (Å²) in [6.07, 6.45) is 5.20. The highest BCUT2D eigenvalue weighted by Gasteiger charge is 2.19. The van der Waals surface area contributed by atoms with Crippen LogP contribution in [-0.4, -0.2) is 26.8 Å². The molecule has 0 saturated carbocycles. The van der Waals surface area contributed by atoms with E-state index in [9.17, 15) is 0 Å². The van der Waals surface area contributed by atoms with E-state index in [2.05, 4.69) is 36.9 Å². The third-order valence-corrected chi connectivity index (χ3v) is 4.43. The molecule has 1 saturated heterocycles. The van der Waals surface area contributed by atoms with E-state index < -0.39 is 0 Å². The average Bonchev–Trinajstić information content (AvgIpc) is 2.43. The smallest absolute Gasteiger partial charge is 0.0462 e. The summed E-state index contributed by atoms with van der Waals surface area (Å²) >= 11 is 0. The summed E-state index contributed by atoms with van der Waals surface area (Å²) in [5, 5.41) is 0. The Labute approximate surface area is 117 Å². The normalized spacial score (nSPS) is 16.9. The highest BCUT2D eigenvalue weighted by atomic mass is 16.5. The van der Waals surface area contributed by atoms with Crippen molar-refractivity contribution in [3.8, 4) is 0 Å². The summed E-state index contributed by atoms with van der Waals surface area (Å²) in [6, 6.07) is 6.85. The molecule has 0 radical (unpaired) electrons. The first kappa shape index (κ1) is 14.4. The van der Waals surface area contributed by atoms with Crippen molar-refractivity contribution < 1.29 is 4.74 Å². The van der Waals surface area contributed by atoms with Crippen LogP contribution in [0, 0.1) is 19.8 Å². The first-order chi connectivity index (χ1) is 9.20. The van der Waals surface area contributed by atoms with Crippen molar-refractivity contribution in [1.29, 1.82) is 0 Å². The van der Waals surface area contributed by atoms with Gasteiger partial charge in [0.2, 0.25) is 0 Å². The zero-order valence-electron chi connectivity index (χ0n) is 12.6. The first-order valence-corrected chi connectivity index (χ1v) is 7.52. The van der Waals surface area contributed by atoms with E-state index in [4.69, 9.17) is 4.74 Å². The summed E-state index contributed by atoms with van der Waals surface area (Å²) in [5.74, 6) is 0.901. The molecule has 0 aromatic heterocycles. The molecule has 2 heteroatoms. The number of hydrogen-bond donors (Lipinski definition) is 0. The largest absolute Gasteiger partial charge is 0.385 e. The number of hydrogen-bond acceptors (Lipinski definition) is 2. The number of piperidine rings is 1. The molecule has 0 unspecified atom stereocenters. The maximum absolute atomic E-state index is 5.14. The van der Waals surface area contributed by atoms with E-state index in [0.29, 0.717) is 0 Å². The van der Waals surface area contributed by atoms with Crippen LogP contribution in [0.4, 0.5) is 5.69 Å². The summed E-state index contributed by atoms with van der Waals surface area (Å²) in [4.78, 5) is 2.54. The number of benzene rings is 1. The van der Waals surface area contributed by atoms with Crippen LogP contribution in [0.3, 0.4) is 0 Å². The van der Waals surface area contributed by atoms with Crippen molar-refractivity contribution in [1.82, 2.24) is 0 Å². The molecule has 0 N–H and O–H groups in total. The molecular formula is C17H27NO. The third kappa shape index (κ3) is 3.97. The van der Waals surface area contributed by atoms with E-state index in [1.165, 1.54) is 55.6 Å². The Balaban J connectivity index is 1.84. The number of rotatable bonds is 5. The fraction of sp³-hybridized carbons (Fsp3) is 0.647. The lowest BCUT2D eigenvalue weighted by Gasteiger charge is -2.34. The molecule has 0 aliphatic carbocycles. The number of aryl methyl sites for hydroxylation is 2. The molecule has 1 heterocycles. The molecule has 19 heavy (non-hydrogen) atoms. The van der Waals surface area contributed by atoms with Crippen LogP contribution in [0.5, 0.6) is 0 Å². The number of methoxy groups -OCH3 is 1. The lowest BCUT2D eigenvalue weighted by Crippen LogP contribution is -2.33. The van der Waals surface area contributed by atoms with Crippen molar-refractivity contribution in [2.75, 3.05) is 31.7 Å². The Kier molecular flexibility index (Phi) is 5.26. The van der Waals surface area contributed by atoms with Gasteiger partial charge in [-0.1, -0.05) is 6.07 Å². The molecule has 1 fully saturated rings. The van der Waals surface area contributed by atoms with Crippen LogP contribution in [0.2, 0.25) is 0 Å². The molecule has 0 amide bonds. The highest BCUT2D eigenvalue weighted by Crippen LogP contribution is 2.27. The fourth-order valence-electron chi connectivity index (χ4n) is 2.92. The Hall–Kier alpha value is -1.02. The second-order valence-electron chi connectivity index (χ2n) is 5.83. The molecule has 0 bridgehead atoms. The van der Waals surface area contributed by atoms with E-state index >= 15 is 0 Å². The minimum absolute atomic E-state index is 0.901. The maximum atomic E-state index is 5.14. The summed E-state index contributed by atoms with van der Waals surface area (Å²) in [7, 11) is 1.79. The van der Waals surface area contributed by atoms with Crippen LogP contribution < -0.4 is 4.90 Å². The van der Waals surface area contributed by atoms with E-state index in [-0.39, 0.29) is 0 Å². The first-order valence-electron chi connectivity index (χ1n) is 7.52. The Morgan fingerprint density at radius 3 is 2.53 bits per heavy atom. The van der Waals surface area contributed by atoms with Crippen molar-refractivity contribution in [2.45, 2.75) is 39.5 Å². The van der Waals surface area contributed by atoms with Crippen molar-refractivity contribution in [3.05, 3.63) is 29.3 Å². The Bertz CT molecular complexity index is 394. The molecule has 1 aromatic rings. The Morgan fingerprint density at radius 2 is 1.89 bits per heavy atom. The van der Waals surface area contributed by atoms with Crippen LogP contribution in [-0.2, 0) is 4.74 Å². The summed E-state index contributed by atoms with van der Waals surface area (Å²) < 4.78 is 5.14. The van der Waals surface area contributed by atoms with Gasteiger partial charge in [0.05, 0.1) is 0 Å². The van der Waals surface area contributed by atoms with Crippen LogP contribution >= 0.6 is 0 Å². The second-order valence-corrected chi connectivity index (χ2v) is 5.83. The molecular weight excluding hydrogens is 234 g/mol. The molecule has 1 aliphatic rings. The zero-order chi connectivity index (χ0) is 13.7. The van der Waals surface area contributed by atoms with Gasteiger partial charge in [-0.2, -0.15) is 0 Å². The maximum Gasteiger partial charge on any atom is 0.0462 e. The van der Waals surface area contributed by atoms with Crippen LogP contribution in [0.25, 0.3) is 0 Å². The lowest BCUT2D eigenvalue weighted by molar-refractivity contribution is 0.183. The minimum Gasteiger partial charge on any atom is -0.385 e. The molecule has 1 aromatic carbocycles. The van der Waals surface area contributed by atoms with Crippen molar-refractivity contribution in [3.63, 3.8) is 0 Å². The highest BCUT2D eigenvalue weighted by molar-refractivity contribution is 5.50. The second kappa shape index (κ2) is 6.95. The number of ether oxygens (including phenoxy) is 1. The van der Waals surface area contributed by atoms with Crippen LogP contribution in [0.1, 0.15) is 36.8 Å². The summed E-state index contributed by atoms with van der Waals surface area (Å²) in [5.41, 5.74) is 4.19. The molecule has 2 nitrogen and oxygen atoms in total. The molecule has 1 aliphatic heterocycles. The van der Waals surface area contributed by atoms with Gasteiger partial charge in [-0.15, -0.1) is 0 Å². The van der Waals surface area contributed by atoms with Gasteiger partial charge in [0.1, 0.15) is 0 Å².